The van der Waals surface area contributed by atoms with Crippen LogP contribution in [0.4, 0.5) is 0 Å². The molecule has 0 bridgehead atoms. The molecule has 2 rings (SSSR count). The molecule has 7 heavy (non-hydrogen) atoms. The largest absolute Gasteiger partial charge is 0.330 e. The van der Waals surface area contributed by atoms with Crippen molar-refractivity contribution in [1.29, 1.82) is 0 Å². The van der Waals surface area contributed by atoms with Gasteiger partial charge in [0.1, 0.15) is 0 Å². The fraction of sp³-hybridized carbons (Fsp3) is 1.00. The summed E-state index contributed by atoms with van der Waals surface area (Å²) in [5.41, 5.74) is 5.45. The van der Waals surface area contributed by atoms with Crippen molar-refractivity contribution < 1.29 is 0 Å². The summed E-state index contributed by atoms with van der Waals surface area (Å²) in [5.74, 6) is 3.13. The molecule has 0 spiro atoms. The van der Waals surface area contributed by atoms with Gasteiger partial charge in [0.2, 0.25) is 0 Å². The zero-order valence-electron chi connectivity index (χ0n) is 4.43. The highest BCUT2D eigenvalue weighted by Crippen LogP contribution is 2.60. The van der Waals surface area contributed by atoms with E-state index in [0.717, 1.165) is 24.3 Å². The summed E-state index contributed by atoms with van der Waals surface area (Å²) < 4.78 is 0. The van der Waals surface area contributed by atoms with Gasteiger partial charge in [-0.1, -0.05) is 0 Å². The van der Waals surface area contributed by atoms with Crippen molar-refractivity contribution in [3.8, 4) is 0 Å². The normalized spacial score (nSPS) is 55.3. The smallest absolute Gasteiger partial charge is 0.00434 e. The number of nitrogens with two attached hydrogens (primary N) is 1. The molecule has 0 heterocycles. The number of hydrogen-bond acceptors (Lipinski definition) is 1. The molecule has 2 atom stereocenters. The van der Waals surface area contributed by atoms with E-state index in [2.05, 4.69) is 0 Å². The van der Waals surface area contributed by atoms with Crippen molar-refractivity contribution in [3.63, 3.8) is 0 Å². The Labute approximate surface area is 43.9 Å². The summed E-state index contributed by atoms with van der Waals surface area (Å²) in [6, 6.07) is 0. The first-order valence-corrected chi connectivity index (χ1v) is 3.13. The van der Waals surface area contributed by atoms with E-state index < -0.39 is 0 Å². The third-order valence-electron chi connectivity index (χ3n) is 2.61. The molecular formula is C6H11N. The van der Waals surface area contributed by atoms with Crippen molar-refractivity contribution in [1.82, 2.24) is 0 Å². The minimum atomic E-state index is 0.954. The lowest BCUT2D eigenvalue weighted by Crippen LogP contribution is -2.01. The Morgan fingerprint density at radius 2 is 1.86 bits per heavy atom. The molecule has 0 aromatic rings. The Kier molecular flexibility index (Phi) is 0.571. The van der Waals surface area contributed by atoms with Crippen LogP contribution in [0.2, 0.25) is 0 Å². The zero-order valence-corrected chi connectivity index (χ0v) is 4.43. The zero-order chi connectivity index (χ0) is 4.85. The lowest BCUT2D eigenvalue weighted by Gasteiger charge is -2.04. The Morgan fingerprint density at radius 1 is 1.29 bits per heavy atom. The van der Waals surface area contributed by atoms with Crippen LogP contribution in [0.15, 0.2) is 0 Å². The molecule has 2 unspecified atom stereocenters. The third-order valence-corrected chi connectivity index (χ3v) is 2.61. The molecule has 1 heteroatoms. The van der Waals surface area contributed by atoms with E-state index in [-0.39, 0.29) is 0 Å². The Bertz CT molecular complexity index is 80.2. The van der Waals surface area contributed by atoms with Crippen LogP contribution >= 0.6 is 0 Å². The molecule has 0 amide bonds. The lowest BCUT2D eigenvalue weighted by atomic mass is 10.0. The predicted molar refractivity (Wildman–Crippen MR) is 28.8 cm³/mol. The Morgan fingerprint density at radius 3 is 2.00 bits per heavy atom. The van der Waals surface area contributed by atoms with Gasteiger partial charge in [0.15, 0.2) is 0 Å². The van der Waals surface area contributed by atoms with Crippen molar-refractivity contribution in [2.45, 2.75) is 12.8 Å². The van der Waals surface area contributed by atoms with E-state index in [0.29, 0.717) is 0 Å². The topological polar surface area (TPSA) is 26.0 Å². The van der Waals surface area contributed by atoms with Gasteiger partial charge in [0.05, 0.1) is 0 Å². The molecule has 2 aliphatic rings. The third kappa shape index (κ3) is 0.325. The van der Waals surface area contributed by atoms with Crippen molar-refractivity contribution in [2.24, 2.45) is 23.5 Å². The first-order chi connectivity index (χ1) is 3.43. The summed E-state index contributed by atoms with van der Waals surface area (Å²) in [6.07, 6.45) is 2.96. The summed E-state index contributed by atoms with van der Waals surface area (Å²) in [4.78, 5) is 0. The standard InChI is InChI=1S/C6H11N/c7-3-6-4-1-2-5(4)6/h4-6H,1-3,7H2. The molecule has 0 aromatic carbocycles. The maximum Gasteiger partial charge on any atom is -0.00434 e. The number of hydrogen-bond donors (Lipinski definition) is 1. The molecule has 0 aliphatic heterocycles. The molecule has 40 valence electrons. The molecule has 1 nitrogen and oxygen atoms in total. The molecule has 2 aliphatic carbocycles. The first-order valence-electron chi connectivity index (χ1n) is 3.13. The van der Waals surface area contributed by atoms with E-state index in [1.54, 1.807) is 0 Å². The Hall–Kier alpha value is -0.0400. The average Bonchev–Trinajstić information content (AvgIpc) is 2.07. The second-order valence-electron chi connectivity index (χ2n) is 2.80. The summed E-state index contributed by atoms with van der Waals surface area (Å²) in [7, 11) is 0. The maximum absolute atomic E-state index is 5.45. The number of rotatable bonds is 1. The fourth-order valence-corrected chi connectivity index (χ4v) is 1.85. The molecule has 2 N–H and O–H groups in total. The van der Waals surface area contributed by atoms with Crippen LogP contribution in [0, 0.1) is 17.8 Å². The molecular weight excluding hydrogens is 86.1 g/mol. The van der Waals surface area contributed by atoms with Crippen molar-refractivity contribution in [3.05, 3.63) is 0 Å². The highest BCUT2D eigenvalue weighted by Gasteiger charge is 2.54. The van der Waals surface area contributed by atoms with Gasteiger partial charge in [-0.05, 0) is 37.1 Å². The van der Waals surface area contributed by atoms with E-state index in [1.165, 1.54) is 12.8 Å². The van der Waals surface area contributed by atoms with Gasteiger partial charge >= 0.3 is 0 Å². The van der Waals surface area contributed by atoms with E-state index in [1.807, 2.05) is 0 Å². The van der Waals surface area contributed by atoms with Crippen molar-refractivity contribution >= 4 is 0 Å². The van der Waals surface area contributed by atoms with Gasteiger partial charge in [-0.3, -0.25) is 0 Å². The van der Waals surface area contributed by atoms with Crippen LogP contribution in [0.25, 0.3) is 0 Å². The van der Waals surface area contributed by atoms with Crippen molar-refractivity contribution in [2.75, 3.05) is 6.54 Å². The second kappa shape index (κ2) is 1.03. The molecule has 2 fully saturated rings. The molecule has 2 saturated carbocycles. The quantitative estimate of drug-likeness (QED) is 0.509. The SMILES string of the molecule is NCC1C2CCC12. The number of fused-ring (bicyclic) bond motifs is 1. The molecule has 0 aromatic heterocycles. The highest BCUT2D eigenvalue weighted by atomic mass is 14.7. The minimum absolute atomic E-state index is 0.954. The van der Waals surface area contributed by atoms with Crippen LogP contribution < -0.4 is 5.73 Å². The average molecular weight is 97.2 g/mol. The predicted octanol–water partition coefficient (Wildman–Crippen LogP) is 0.601. The van der Waals surface area contributed by atoms with Crippen LogP contribution in [0.3, 0.4) is 0 Å². The highest BCUT2D eigenvalue weighted by molar-refractivity contribution is 5.04. The maximum atomic E-state index is 5.45. The first kappa shape index (κ1) is 3.90. The van der Waals surface area contributed by atoms with Gasteiger partial charge < -0.3 is 5.73 Å². The van der Waals surface area contributed by atoms with Crippen LogP contribution in [-0.2, 0) is 0 Å². The monoisotopic (exact) mass is 97.1 g/mol. The van der Waals surface area contributed by atoms with Gasteiger partial charge in [0, 0.05) is 0 Å². The molecule has 0 radical (unpaired) electrons. The summed E-state index contributed by atoms with van der Waals surface area (Å²) in [5, 5.41) is 0. The van der Waals surface area contributed by atoms with Crippen LogP contribution in [0.5, 0.6) is 0 Å². The van der Waals surface area contributed by atoms with Gasteiger partial charge in [-0.25, -0.2) is 0 Å². The van der Waals surface area contributed by atoms with Gasteiger partial charge in [-0.2, -0.15) is 0 Å². The fourth-order valence-electron chi connectivity index (χ4n) is 1.85. The second-order valence-corrected chi connectivity index (χ2v) is 2.80. The minimum Gasteiger partial charge on any atom is -0.330 e. The van der Waals surface area contributed by atoms with Gasteiger partial charge in [-0.15, -0.1) is 0 Å². The van der Waals surface area contributed by atoms with E-state index in [9.17, 15) is 0 Å². The lowest BCUT2D eigenvalue weighted by molar-refractivity contribution is 0.468. The molecule has 0 saturated heterocycles. The summed E-state index contributed by atoms with van der Waals surface area (Å²) >= 11 is 0. The van der Waals surface area contributed by atoms with Crippen LogP contribution in [-0.4, -0.2) is 6.54 Å². The van der Waals surface area contributed by atoms with E-state index >= 15 is 0 Å². The Balaban J connectivity index is 1.95. The van der Waals surface area contributed by atoms with Gasteiger partial charge in [0.25, 0.3) is 0 Å². The van der Waals surface area contributed by atoms with E-state index in [4.69, 9.17) is 5.73 Å². The van der Waals surface area contributed by atoms with Crippen LogP contribution in [0.1, 0.15) is 12.8 Å². The summed E-state index contributed by atoms with van der Waals surface area (Å²) in [6.45, 7) is 0.954.